The molecule has 1 saturated heterocycles. The summed E-state index contributed by atoms with van der Waals surface area (Å²) in [6.07, 6.45) is 1.79. The summed E-state index contributed by atoms with van der Waals surface area (Å²) in [5.41, 5.74) is 2.51. The summed E-state index contributed by atoms with van der Waals surface area (Å²) < 4.78 is 3.41. The predicted octanol–water partition coefficient (Wildman–Crippen LogP) is 1.75. The van der Waals surface area contributed by atoms with Crippen LogP contribution in [0.15, 0.2) is 52.1 Å². The number of imidazole rings is 1. The molecule has 1 aliphatic heterocycles. The maximum atomic E-state index is 12.7. The van der Waals surface area contributed by atoms with Crippen molar-refractivity contribution in [2.75, 3.05) is 37.6 Å². The molecule has 0 amide bonds. The van der Waals surface area contributed by atoms with Crippen LogP contribution in [0.25, 0.3) is 11.2 Å². The Morgan fingerprint density at radius 2 is 1.84 bits per heavy atom. The lowest BCUT2D eigenvalue weighted by Crippen LogP contribution is -2.47. The summed E-state index contributed by atoms with van der Waals surface area (Å²) in [6, 6.07) is 10.3. The molecule has 0 atom stereocenters. The second-order valence-electron chi connectivity index (χ2n) is 8.36. The van der Waals surface area contributed by atoms with Gasteiger partial charge in [0.2, 0.25) is 5.95 Å². The largest absolute Gasteiger partial charge is 0.340 e. The zero-order valence-corrected chi connectivity index (χ0v) is 18.3. The fraction of sp³-hybridized carbons (Fsp3) is 0.435. The van der Waals surface area contributed by atoms with Crippen molar-refractivity contribution in [1.82, 2.24) is 24.0 Å². The molecule has 1 N–H and O–H groups in total. The Morgan fingerprint density at radius 3 is 2.52 bits per heavy atom. The summed E-state index contributed by atoms with van der Waals surface area (Å²) in [7, 11) is 1.65. The topological polar surface area (TPSA) is 79.2 Å². The van der Waals surface area contributed by atoms with Gasteiger partial charge in [-0.15, -0.1) is 0 Å². The van der Waals surface area contributed by atoms with E-state index in [1.54, 1.807) is 7.05 Å². The van der Waals surface area contributed by atoms with Gasteiger partial charge in [0.15, 0.2) is 11.2 Å². The molecule has 3 heterocycles. The molecule has 0 saturated carbocycles. The first-order valence-electron chi connectivity index (χ1n) is 10.8. The van der Waals surface area contributed by atoms with Crippen molar-refractivity contribution >= 4 is 17.1 Å². The Labute approximate surface area is 181 Å². The molecule has 4 rings (SSSR count). The number of anilines is 1. The van der Waals surface area contributed by atoms with Crippen molar-refractivity contribution in [3.05, 3.63) is 68.9 Å². The monoisotopic (exact) mass is 422 g/mol. The summed E-state index contributed by atoms with van der Waals surface area (Å²) in [6.45, 7) is 11.1. The van der Waals surface area contributed by atoms with Crippen molar-refractivity contribution in [3.63, 3.8) is 0 Å². The van der Waals surface area contributed by atoms with Gasteiger partial charge >= 0.3 is 5.69 Å². The molecule has 0 aliphatic carbocycles. The van der Waals surface area contributed by atoms with Crippen molar-refractivity contribution in [2.24, 2.45) is 7.05 Å². The third kappa shape index (κ3) is 4.49. The number of nitrogens with zero attached hydrogens (tertiary/aromatic N) is 5. The minimum atomic E-state index is -0.440. The normalized spacial score (nSPS) is 15.0. The lowest BCUT2D eigenvalue weighted by Gasteiger charge is -2.35. The lowest BCUT2D eigenvalue weighted by molar-refractivity contribution is 0.276. The van der Waals surface area contributed by atoms with Crippen LogP contribution in [0.2, 0.25) is 0 Å². The molecular formula is C23H30N6O2. The van der Waals surface area contributed by atoms with E-state index in [0.717, 1.165) is 57.1 Å². The molecule has 1 aliphatic rings. The second-order valence-corrected chi connectivity index (χ2v) is 8.36. The van der Waals surface area contributed by atoms with E-state index >= 15 is 0 Å². The van der Waals surface area contributed by atoms with Crippen molar-refractivity contribution in [2.45, 2.75) is 26.3 Å². The van der Waals surface area contributed by atoms with Gasteiger partial charge in [-0.05, 0) is 25.3 Å². The van der Waals surface area contributed by atoms with Gasteiger partial charge in [0, 0.05) is 46.3 Å². The first-order chi connectivity index (χ1) is 14.9. The van der Waals surface area contributed by atoms with Gasteiger partial charge in [-0.2, -0.15) is 4.98 Å². The molecule has 1 fully saturated rings. The van der Waals surface area contributed by atoms with E-state index in [2.05, 4.69) is 33.5 Å². The molecule has 8 heteroatoms. The van der Waals surface area contributed by atoms with Crippen LogP contribution in [-0.2, 0) is 20.0 Å². The third-order valence-electron chi connectivity index (χ3n) is 5.83. The van der Waals surface area contributed by atoms with Crippen LogP contribution in [0.5, 0.6) is 0 Å². The fourth-order valence-electron chi connectivity index (χ4n) is 4.25. The van der Waals surface area contributed by atoms with E-state index in [1.165, 1.54) is 10.1 Å². The van der Waals surface area contributed by atoms with Crippen LogP contribution in [-0.4, -0.2) is 56.7 Å². The zero-order valence-electron chi connectivity index (χ0n) is 18.3. The van der Waals surface area contributed by atoms with E-state index in [0.29, 0.717) is 17.7 Å². The standard InChI is InChI=1S/C23H30N6O2/c1-17(2)16-27-12-14-28(15-13-27)22-24-20-19(21(30)25-23(31)26(20)3)29(22)11-7-10-18-8-5-4-6-9-18/h4-6,8-9H,1,7,10-16H2,2-3H3,(H,25,30,31). The van der Waals surface area contributed by atoms with Gasteiger partial charge in [-0.1, -0.05) is 42.5 Å². The molecule has 3 aromatic rings. The molecule has 31 heavy (non-hydrogen) atoms. The van der Waals surface area contributed by atoms with Crippen LogP contribution in [0.1, 0.15) is 18.9 Å². The van der Waals surface area contributed by atoms with E-state index in [-0.39, 0.29) is 5.56 Å². The highest BCUT2D eigenvalue weighted by Gasteiger charge is 2.24. The molecular weight excluding hydrogens is 392 g/mol. The van der Waals surface area contributed by atoms with Crippen LogP contribution in [0, 0.1) is 0 Å². The van der Waals surface area contributed by atoms with E-state index in [4.69, 9.17) is 4.98 Å². The maximum absolute atomic E-state index is 12.7. The number of aryl methyl sites for hydroxylation is 3. The summed E-state index contributed by atoms with van der Waals surface area (Å²) >= 11 is 0. The van der Waals surface area contributed by atoms with Crippen LogP contribution in [0.4, 0.5) is 5.95 Å². The third-order valence-corrected chi connectivity index (χ3v) is 5.83. The smallest absolute Gasteiger partial charge is 0.329 e. The molecule has 1 aromatic carbocycles. The van der Waals surface area contributed by atoms with Crippen LogP contribution in [0.3, 0.4) is 0 Å². The molecule has 0 radical (unpaired) electrons. The van der Waals surface area contributed by atoms with Gasteiger partial charge in [0.25, 0.3) is 5.56 Å². The number of piperazine rings is 1. The highest BCUT2D eigenvalue weighted by Crippen LogP contribution is 2.22. The average molecular weight is 423 g/mol. The first kappa shape index (κ1) is 21.1. The number of aromatic amines is 1. The maximum Gasteiger partial charge on any atom is 0.329 e. The van der Waals surface area contributed by atoms with Crippen molar-refractivity contribution in [1.29, 1.82) is 0 Å². The molecule has 2 aromatic heterocycles. The number of H-pyrrole nitrogens is 1. The van der Waals surface area contributed by atoms with Gasteiger partial charge in [0.05, 0.1) is 0 Å². The number of fused-ring (bicyclic) bond motifs is 1. The molecule has 8 nitrogen and oxygen atoms in total. The Kier molecular flexibility index (Phi) is 6.08. The summed E-state index contributed by atoms with van der Waals surface area (Å²) in [5, 5.41) is 0. The summed E-state index contributed by atoms with van der Waals surface area (Å²) in [5.74, 6) is 0.768. The van der Waals surface area contributed by atoms with Crippen molar-refractivity contribution < 1.29 is 0 Å². The minimum absolute atomic E-state index is 0.377. The van der Waals surface area contributed by atoms with E-state index < -0.39 is 5.69 Å². The fourth-order valence-corrected chi connectivity index (χ4v) is 4.25. The van der Waals surface area contributed by atoms with Crippen LogP contribution < -0.4 is 16.1 Å². The Balaban J connectivity index is 1.64. The number of hydrogen-bond acceptors (Lipinski definition) is 5. The first-order valence-corrected chi connectivity index (χ1v) is 10.8. The number of hydrogen-bond donors (Lipinski definition) is 1. The average Bonchev–Trinajstić information content (AvgIpc) is 3.13. The number of rotatable bonds is 7. The lowest BCUT2D eigenvalue weighted by atomic mass is 10.1. The SMILES string of the molecule is C=C(C)CN1CCN(c2nc3c(c(=O)[nH]c(=O)n3C)n2CCCc2ccccc2)CC1. The quantitative estimate of drug-likeness (QED) is 0.587. The van der Waals surface area contributed by atoms with Crippen LogP contribution >= 0.6 is 0 Å². The van der Waals surface area contributed by atoms with Gasteiger partial charge in [-0.3, -0.25) is 19.2 Å². The number of aromatic nitrogens is 4. The summed E-state index contributed by atoms with van der Waals surface area (Å²) in [4.78, 5) is 36.6. The predicted molar refractivity (Wildman–Crippen MR) is 124 cm³/mol. The molecule has 0 unspecified atom stereocenters. The Hall–Kier alpha value is -3.13. The second kappa shape index (κ2) is 8.93. The van der Waals surface area contributed by atoms with Crippen molar-refractivity contribution in [3.8, 4) is 0 Å². The molecule has 0 spiro atoms. The van der Waals surface area contributed by atoms with E-state index in [9.17, 15) is 9.59 Å². The zero-order chi connectivity index (χ0) is 22.0. The molecule has 0 bridgehead atoms. The van der Waals surface area contributed by atoms with Gasteiger partial charge < -0.3 is 9.47 Å². The van der Waals surface area contributed by atoms with Gasteiger partial charge in [-0.25, -0.2) is 4.79 Å². The molecule has 164 valence electrons. The Bertz CT molecular complexity index is 1180. The minimum Gasteiger partial charge on any atom is -0.340 e. The van der Waals surface area contributed by atoms with Gasteiger partial charge in [0.1, 0.15) is 0 Å². The van der Waals surface area contributed by atoms with E-state index in [1.807, 2.05) is 29.7 Å². The highest BCUT2D eigenvalue weighted by molar-refractivity contribution is 5.74. The Morgan fingerprint density at radius 1 is 1.13 bits per heavy atom. The highest BCUT2D eigenvalue weighted by atomic mass is 16.2. The number of nitrogens with one attached hydrogen (secondary N) is 1. The number of benzene rings is 1.